The highest BCUT2D eigenvalue weighted by Gasteiger charge is 2.36. The predicted molar refractivity (Wildman–Crippen MR) is 98.9 cm³/mol. The van der Waals surface area contributed by atoms with Crippen LogP contribution in [0.2, 0.25) is 0 Å². The Bertz CT molecular complexity index is 979. The Morgan fingerprint density at radius 1 is 1.07 bits per heavy atom. The van der Waals surface area contributed by atoms with Crippen LogP contribution >= 0.6 is 0 Å². The molecule has 1 aliphatic rings. The van der Waals surface area contributed by atoms with Crippen molar-refractivity contribution >= 4 is 22.6 Å². The first-order chi connectivity index (χ1) is 13.2. The second kappa shape index (κ2) is 7.15. The number of amides is 1. The number of furan rings is 1. The van der Waals surface area contributed by atoms with Crippen LogP contribution in [0.15, 0.2) is 59.2 Å². The van der Waals surface area contributed by atoms with E-state index in [2.05, 4.69) is 0 Å². The molecule has 1 atom stereocenters. The lowest BCUT2D eigenvalue weighted by Gasteiger charge is -2.22. The predicted octanol–water partition coefficient (Wildman–Crippen LogP) is 3.65. The number of likely N-dealkylation sites (tertiary alicyclic amines) is 1. The van der Waals surface area contributed by atoms with Gasteiger partial charge in [0, 0.05) is 6.54 Å². The Hall–Kier alpha value is -3.28. The van der Waals surface area contributed by atoms with Crippen molar-refractivity contribution in [2.45, 2.75) is 18.9 Å². The molecule has 0 bridgehead atoms. The summed E-state index contributed by atoms with van der Waals surface area (Å²) in [4.78, 5) is 26.7. The van der Waals surface area contributed by atoms with Gasteiger partial charge in [-0.25, -0.2) is 4.79 Å². The first-order valence-corrected chi connectivity index (χ1v) is 8.80. The molecule has 0 aliphatic carbocycles. The number of esters is 1. The van der Waals surface area contributed by atoms with Crippen molar-refractivity contribution in [3.8, 4) is 11.5 Å². The highest BCUT2D eigenvalue weighted by atomic mass is 16.5. The van der Waals surface area contributed by atoms with E-state index in [1.807, 2.05) is 24.3 Å². The van der Waals surface area contributed by atoms with Gasteiger partial charge in [-0.05, 0) is 60.0 Å². The number of benzene rings is 2. The van der Waals surface area contributed by atoms with Crippen LogP contribution in [0.25, 0.3) is 10.8 Å². The second-order valence-corrected chi connectivity index (χ2v) is 6.43. The zero-order valence-corrected chi connectivity index (χ0v) is 14.9. The number of carbonyl (C=O) groups excluding carboxylic acids is 2. The van der Waals surface area contributed by atoms with Gasteiger partial charge in [0.25, 0.3) is 5.91 Å². The van der Waals surface area contributed by atoms with Crippen LogP contribution < -0.4 is 9.47 Å². The minimum Gasteiger partial charge on any atom is -0.497 e. The summed E-state index contributed by atoms with van der Waals surface area (Å²) < 4.78 is 16.0. The van der Waals surface area contributed by atoms with Crippen LogP contribution in [-0.4, -0.2) is 36.5 Å². The van der Waals surface area contributed by atoms with Gasteiger partial charge in [-0.3, -0.25) is 4.79 Å². The molecule has 6 heteroatoms. The zero-order valence-electron chi connectivity index (χ0n) is 14.9. The van der Waals surface area contributed by atoms with Gasteiger partial charge in [0.05, 0.1) is 13.4 Å². The van der Waals surface area contributed by atoms with Crippen LogP contribution in [0.1, 0.15) is 23.4 Å². The lowest BCUT2D eigenvalue weighted by molar-refractivity contribution is -0.138. The maximum Gasteiger partial charge on any atom is 0.334 e. The molecule has 4 rings (SSSR count). The van der Waals surface area contributed by atoms with E-state index in [1.54, 1.807) is 31.4 Å². The molecule has 1 aliphatic heterocycles. The van der Waals surface area contributed by atoms with Crippen LogP contribution in [-0.2, 0) is 4.79 Å². The minimum atomic E-state index is -0.608. The smallest absolute Gasteiger partial charge is 0.334 e. The third-order valence-corrected chi connectivity index (χ3v) is 4.76. The van der Waals surface area contributed by atoms with E-state index in [4.69, 9.17) is 13.9 Å². The molecule has 0 radical (unpaired) electrons. The number of hydrogen-bond donors (Lipinski definition) is 0. The summed E-state index contributed by atoms with van der Waals surface area (Å²) in [5.74, 6) is 0.680. The third kappa shape index (κ3) is 3.38. The van der Waals surface area contributed by atoms with E-state index in [-0.39, 0.29) is 11.7 Å². The van der Waals surface area contributed by atoms with Crippen molar-refractivity contribution < 1.29 is 23.5 Å². The molecular weight excluding hydrogens is 346 g/mol. The summed E-state index contributed by atoms with van der Waals surface area (Å²) in [6.07, 6.45) is 2.77. The Labute approximate surface area is 156 Å². The highest BCUT2D eigenvalue weighted by molar-refractivity contribution is 5.95. The van der Waals surface area contributed by atoms with Gasteiger partial charge < -0.3 is 18.8 Å². The minimum absolute atomic E-state index is 0.229. The summed E-state index contributed by atoms with van der Waals surface area (Å²) in [5, 5.41) is 1.93. The third-order valence-electron chi connectivity index (χ3n) is 4.76. The molecule has 27 heavy (non-hydrogen) atoms. The fraction of sp³-hybridized carbons (Fsp3) is 0.238. The zero-order chi connectivity index (χ0) is 18.8. The second-order valence-electron chi connectivity index (χ2n) is 6.43. The average molecular weight is 365 g/mol. The summed E-state index contributed by atoms with van der Waals surface area (Å²) in [5.41, 5.74) is 0. The van der Waals surface area contributed by atoms with Crippen LogP contribution in [0.4, 0.5) is 0 Å². The Morgan fingerprint density at radius 3 is 2.59 bits per heavy atom. The molecule has 138 valence electrons. The van der Waals surface area contributed by atoms with E-state index < -0.39 is 12.0 Å². The maximum atomic E-state index is 12.7. The highest BCUT2D eigenvalue weighted by Crippen LogP contribution is 2.27. The van der Waals surface area contributed by atoms with Gasteiger partial charge in [-0.15, -0.1) is 0 Å². The SMILES string of the molecule is COc1ccc2ccc(OC(=O)C3CCCN3C(=O)c3ccco3)cc2c1. The van der Waals surface area contributed by atoms with E-state index in [0.29, 0.717) is 18.7 Å². The van der Waals surface area contributed by atoms with Crippen molar-refractivity contribution in [3.63, 3.8) is 0 Å². The van der Waals surface area contributed by atoms with E-state index in [0.717, 1.165) is 22.9 Å². The molecule has 1 aromatic heterocycles. The van der Waals surface area contributed by atoms with Crippen LogP contribution in [0, 0.1) is 0 Å². The van der Waals surface area contributed by atoms with Gasteiger partial charge in [0.2, 0.25) is 0 Å². The fourth-order valence-corrected chi connectivity index (χ4v) is 3.37. The first kappa shape index (κ1) is 17.1. The number of fused-ring (bicyclic) bond motifs is 1. The molecule has 6 nitrogen and oxygen atoms in total. The van der Waals surface area contributed by atoms with Gasteiger partial charge >= 0.3 is 5.97 Å². The van der Waals surface area contributed by atoms with Gasteiger partial charge in [0.1, 0.15) is 17.5 Å². The van der Waals surface area contributed by atoms with Crippen molar-refractivity contribution in [2.24, 2.45) is 0 Å². The summed E-state index contributed by atoms with van der Waals surface area (Å²) in [7, 11) is 1.61. The molecule has 0 N–H and O–H groups in total. The molecular formula is C21H19NO5. The Morgan fingerprint density at radius 2 is 1.85 bits per heavy atom. The van der Waals surface area contributed by atoms with Crippen LogP contribution in [0.3, 0.4) is 0 Å². The largest absolute Gasteiger partial charge is 0.497 e. The quantitative estimate of drug-likeness (QED) is 0.521. The fourth-order valence-electron chi connectivity index (χ4n) is 3.37. The Kier molecular flexibility index (Phi) is 4.54. The van der Waals surface area contributed by atoms with Gasteiger partial charge in [-0.1, -0.05) is 12.1 Å². The lowest BCUT2D eigenvalue weighted by atomic mass is 10.1. The summed E-state index contributed by atoms with van der Waals surface area (Å²) in [6.45, 7) is 0.508. The molecule has 1 saturated heterocycles. The van der Waals surface area contributed by atoms with Gasteiger partial charge in [-0.2, -0.15) is 0 Å². The topological polar surface area (TPSA) is 69.0 Å². The number of rotatable bonds is 4. The Balaban J connectivity index is 1.52. The molecule has 2 heterocycles. The molecule has 2 aromatic carbocycles. The summed E-state index contributed by atoms with van der Waals surface area (Å²) >= 11 is 0. The van der Waals surface area contributed by atoms with E-state index in [1.165, 1.54) is 11.2 Å². The van der Waals surface area contributed by atoms with E-state index >= 15 is 0 Å². The van der Waals surface area contributed by atoms with Gasteiger partial charge in [0.15, 0.2) is 5.76 Å². The van der Waals surface area contributed by atoms with E-state index in [9.17, 15) is 9.59 Å². The van der Waals surface area contributed by atoms with Crippen molar-refractivity contribution in [2.75, 3.05) is 13.7 Å². The monoisotopic (exact) mass is 365 g/mol. The number of ether oxygens (including phenoxy) is 2. The lowest BCUT2D eigenvalue weighted by Crippen LogP contribution is -2.42. The number of methoxy groups -OCH3 is 1. The van der Waals surface area contributed by atoms with Crippen LogP contribution in [0.5, 0.6) is 11.5 Å². The van der Waals surface area contributed by atoms with Crippen molar-refractivity contribution in [1.29, 1.82) is 0 Å². The van der Waals surface area contributed by atoms with Crippen molar-refractivity contribution in [3.05, 3.63) is 60.6 Å². The average Bonchev–Trinajstić information content (AvgIpc) is 3.38. The summed E-state index contributed by atoms with van der Waals surface area (Å²) in [6, 6.07) is 13.8. The molecule has 1 unspecified atom stereocenters. The molecule has 3 aromatic rings. The maximum absolute atomic E-state index is 12.7. The normalized spacial score (nSPS) is 16.5. The number of hydrogen-bond acceptors (Lipinski definition) is 5. The molecule has 1 fully saturated rings. The molecule has 0 saturated carbocycles. The number of carbonyl (C=O) groups is 2. The molecule has 0 spiro atoms. The first-order valence-electron chi connectivity index (χ1n) is 8.80. The standard InChI is InChI=1S/C21H19NO5/c1-25-16-8-6-14-7-9-17(13-15(14)12-16)27-21(24)18-4-2-10-22(18)20(23)19-5-3-11-26-19/h3,5-9,11-13,18H,2,4,10H2,1H3. The number of nitrogens with zero attached hydrogens (tertiary/aromatic N) is 1. The molecule has 1 amide bonds. The van der Waals surface area contributed by atoms with Crippen molar-refractivity contribution in [1.82, 2.24) is 4.90 Å².